The highest BCUT2D eigenvalue weighted by atomic mass is 15.0. The van der Waals surface area contributed by atoms with Crippen LogP contribution in [0.1, 0.15) is 0 Å². The summed E-state index contributed by atoms with van der Waals surface area (Å²) in [5, 5.41) is 7.75. The second-order valence-electron chi connectivity index (χ2n) is 3.27. The average molecular weight is 186 g/mol. The summed E-state index contributed by atoms with van der Waals surface area (Å²) in [6, 6.07) is 3.97. The molecule has 0 spiro atoms. The number of rotatable bonds is 0. The third-order valence-electron chi connectivity index (χ3n) is 2.38. The van der Waals surface area contributed by atoms with Crippen molar-refractivity contribution in [3.63, 3.8) is 0 Å². The van der Waals surface area contributed by atoms with Crippen LogP contribution in [0.5, 0.6) is 0 Å². The number of fused-ring (bicyclic) bond motifs is 3. The Morgan fingerprint density at radius 3 is 3.07 bits per heavy atom. The summed E-state index contributed by atoms with van der Waals surface area (Å²) < 4.78 is 0. The number of nitrogens with one attached hydrogen (secondary N) is 2. The van der Waals surface area contributed by atoms with Crippen molar-refractivity contribution in [2.45, 2.75) is 0 Å². The topological polar surface area (TPSA) is 49.8 Å². The standard InChI is InChI=1S/C10H10N4/c1-2-7-9-8(11-4-5-12-9)6-14-10(7)13-3-1/h1-3,6,11-12H,4-5H2. The molecular formula is C10H10N4. The first-order chi connectivity index (χ1) is 6.95. The van der Waals surface area contributed by atoms with Gasteiger partial charge in [0, 0.05) is 24.7 Å². The number of pyridine rings is 2. The summed E-state index contributed by atoms with van der Waals surface area (Å²) in [5.41, 5.74) is 2.98. The van der Waals surface area contributed by atoms with Crippen LogP contribution in [0.25, 0.3) is 11.0 Å². The molecule has 0 aromatic carbocycles. The smallest absolute Gasteiger partial charge is 0.161 e. The van der Waals surface area contributed by atoms with E-state index in [9.17, 15) is 0 Å². The zero-order valence-electron chi connectivity index (χ0n) is 7.62. The van der Waals surface area contributed by atoms with Crippen molar-refractivity contribution in [3.05, 3.63) is 24.5 Å². The quantitative estimate of drug-likeness (QED) is 0.654. The first-order valence-electron chi connectivity index (χ1n) is 4.66. The van der Waals surface area contributed by atoms with Gasteiger partial charge in [0.25, 0.3) is 0 Å². The van der Waals surface area contributed by atoms with Crippen LogP contribution < -0.4 is 10.6 Å². The van der Waals surface area contributed by atoms with E-state index in [-0.39, 0.29) is 0 Å². The predicted octanol–water partition coefficient (Wildman–Crippen LogP) is 1.47. The van der Waals surface area contributed by atoms with E-state index in [2.05, 4.69) is 20.6 Å². The molecule has 0 saturated carbocycles. The molecule has 0 atom stereocenters. The van der Waals surface area contributed by atoms with E-state index >= 15 is 0 Å². The van der Waals surface area contributed by atoms with E-state index in [1.807, 2.05) is 18.3 Å². The van der Waals surface area contributed by atoms with Crippen LogP contribution >= 0.6 is 0 Å². The van der Waals surface area contributed by atoms with Gasteiger partial charge in [0.2, 0.25) is 0 Å². The second kappa shape index (κ2) is 2.83. The number of hydrogen-bond donors (Lipinski definition) is 2. The molecule has 3 rings (SSSR count). The lowest BCUT2D eigenvalue weighted by molar-refractivity contribution is 1.04. The fraction of sp³-hybridized carbons (Fsp3) is 0.200. The molecule has 0 saturated heterocycles. The molecule has 0 aliphatic carbocycles. The maximum atomic E-state index is 4.28. The monoisotopic (exact) mass is 186 g/mol. The summed E-state index contributed by atoms with van der Waals surface area (Å²) in [4.78, 5) is 8.49. The summed E-state index contributed by atoms with van der Waals surface area (Å²) >= 11 is 0. The Kier molecular flexibility index (Phi) is 1.53. The molecule has 0 amide bonds. The molecule has 2 aromatic rings. The predicted molar refractivity (Wildman–Crippen MR) is 56.5 cm³/mol. The van der Waals surface area contributed by atoms with Crippen molar-refractivity contribution in [1.29, 1.82) is 0 Å². The van der Waals surface area contributed by atoms with Gasteiger partial charge >= 0.3 is 0 Å². The van der Waals surface area contributed by atoms with Gasteiger partial charge in [-0.2, -0.15) is 0 Å². The molecule has 14 heavy (non-hydrogen) atoms. The van der Waals surface area contributed by atoms with Crippen LogP contribution in [0.15, 0.2) is 24.5 Å². The Hall–Kier alpha value is -1.84. The molecule has 3 heterocycles. The van der Waals surface area contributed by atoms with Crippen LogP contribution in [0.3, 0.4) is 0 Å². The van der Waals surface area contributed by atoms with Crippen molar-refractivity contribution in [1.82, 2.24) is 9.97 Å². The summed E-state index contributed by atoms with van der Waals surface area (Å²) in [6.45, 7) is 1.89. The molecule has 2 N–H and O–H groups in total. The van der Waals surface area contributed by atoms with E-state index in [0.717, 1.165) is 35.5 Å². The van der Waals surface area contributed by atoms with E-state index in [1.165, 1.54) is 0 Å². The lowest BCUT2D eigenvalue weighted by Crippen LogP contribution is -2.20. The Balaban J connectivity index is 2.34. The van der Waals surface area contributed by atoms with Crippen LogP contribution in [0.4, 0.5) is 11.4 Å². The van der Waals surface area contributed by atoms with Crippen molar-refractivity contribution < 1.29 is 0 Å². The first-order valence-corrected chi connectivity index (χ1v) is 4.66. The van der Waals surface area contributed by atoms with Crippen LogP contribution in [-0.4, -0.2) is 23.1 Å². The number of hydrogen-bond acceptors (Lipinski definition) is 4. The van der Waals surface area contributed by atoms with Gasteiger partial charge in [-0.3, -0.25) is 0 Å². The van der Waals surface area contributed by atoms with Crippen LogP contribution in [-0.2, 0) is 0 Å². The Morgan fingerprint density at radius 2 is 2.07 bits per heavy atom. The lowest BCUT2D eigenvalue weighted by atomic mass is 10.2. The fourth-order valence-electron chi connectivity index (χ4n) is 1.74. The van der Waals surface area contributed by atoms with Crippen molar-refractivity contribution in [2.75, 3.05) is 23.7 Å². The Morgan fingerprint density at radius 1 is 1.14 bits per heavy atom. The Labute approximate surface area is 81.4 Å². The molecule has 0 unspecified atom stereocenters. The molecule has 0 bridgehead atoms. The third kappa shape index (κ3) is 1.00. The lowest BCUT2D eigenvalue weighted by Gasteiger charge is -2.20. The van der Waals surface area contributed by atoms with Gasteiger partial charge in [-0.1, -0.05) is 0 Å². The van der Waals surface area contributed by atoms with Gasteiger partial charge in [0.15, 0.2) is 5.65 Å². The average Bonchev–Trinajstić information content (AvgIpc) is 2.29. The maximum Gasteiger partial charge on any atom is 0.161 e. The highest BCUT2D eigenvalue weighted by Crippen LogP contribution is 2.30. The highest BCUT2D eigenvalue weighted by Gasteiger charge is 2.11. The molecule has 4 heteroatoms. The Bertz CT molecular complexity index is 481. The molecular weight excluding hydrogens is 176 g/mol. The molecule has 1 aliphatic rings. The number of anilines is 2. The number of aromatic nitrogens is 2. The summed E-state index contributed by atoms with van der Waals surface area (Å²) in [5.74, 6) is 0. The molecule has 2 aromatic heterocycles. The highest BCUT2D eigenvalue weighted by molar-refractivity contribution is 5.96. The van der Waals surface area contributed by atoms with Gasteiger partial charge < -0.3 is 10.6 Å². The van der Waals surface area contributed by atoms with Crippen LogP contribution in [0, 0.1) is 0 Å². The first kappa shape index (κ1) is 7.55. The molecule has 1 aliphatic heterocycles. The minimum Gasteiger partial charge on any atom is -0.381 e. The van der Waals surface area contributed by atoms with Crippen LogP contribution in [0.2, 0.25) is 0 Å². The van der Waals surface area contributed by atoms with E-state index in [0.29, 0.717) is 0 Å². The maximum absolute atomic E-state index is 4.28. The minimum atomic E-state index is 0.794. The van der Waals surface area contributed by atoms with Gasteiger partial charge in [0.05, 0.1) is 17.6 Å². The van der Waals surface area contributed by atoms with Crippen molar-refractivity contribution in [3.8, 4) is 0 Å². The van der Waals surface area contributed by atoms with Gasteiger partial charge in [-0.25, -0.2) is 9.97 Å². The SMILES string of the molecule is c1cnc2ncc3c(c2c1)NCCN3. The third-order valence-corrected chi connectivity index (χ3v) is 2.38. The summed E-state index contributed by atoms with van der Waals surface area (Å²) in [6.07, 6.45) is 3.59. The molecule has 0 radical (unpaired) electrons. The van der Waals surface area contributed by atoms with Gasteiger partial charge in [-0.15, -0.1) is 0 Å². The fourth-order valence-corrected chi connectivity index (χ4v) is 1.74. The van der Waals surface area contributed by atoms with E-state index < -0.39 is 0 Å². The van der Waals surface area contributed by atoms with Crippen molar-refractivity contribution >= 4 is 22.4 Å². The van der Waals surface area contributed by atoms with Crippen molar-refractivity contribution in [2.24, 2.45) is 0 Å². The molecule has 4 nitrogen and oxygen atoms in total. The zero-order valence-corrected chi connectivity index (χ0v) is 7.62. The summed E-state index contributed by atoms with van der Waals surface area (Å²) in [7, 11) is 0. The normalized spacial score (nSPS) is 14.3. The van der Waals surface area contributed by atoms with E-state index in [4.69, 9.17) is 0 Å². The minimum absolute atomic E-state index is 0.794. The second-order valence-corrected chi connectivity index (χ2v) is 3.27. The molecule has 70 valence electrons. The van der Waals surface area contributed by atoms with Gasteiger partial charge in [-0.05, 0) is 12.1 Å². The largest absolute Gasteiger partial charge is 0.381 e. The number of nitrogens with zero attached hydrogens (tertiary/aromatic N) is 2. The zero-order chi connectivity index (χ0) is 9.38. The molecule has 0 fully saturated rings. The van der Waals surface area contributed by atoms with Gasteiger partial charge in [0.1, 0.15) is 0 Å². The van der Waals surface area contributed by atoms with E-state index in [1.54, 1.807) is 6.20 Å².